The first-order valence-electron chi connectivity index (χ1n) is 8.19. The number of rotatable bonds is 2. The summed E-state index contributed by atoms with van der Waals surface area (Å²) in [6.45, 7) is 1.08. The van der Waals surface area contributed by atoms with Crippen molar-refractivity contribution in [3.05, 3.63) is 58.4 Å². The number of hydrogen-bond donors (Lipinski definition) is 0. The quantitative estimate of drug-likeness (QED) is 0.763. The van der Waals surface area contributed by atoms with E-state index in [-0.39, 0.29) is 0 Å². The first kappa shape index (κ1) is 12.3. The Morgan fingerprint density at radius 2 is 1.25 bits per heavy atom. The number of nitrogens with zero attached hydrogens (tertiary/aromatic N) is 1. The van der Waals surface area contributed by atoms with Gasteiger partial charge in [-0.3, -0.25) is 0 Å². The van der Waals surface area contributed by atoms with E-state index in [1.807, 2.05) is 0 Å². The fraction of sp³-hybridized carbons (Fsp3) is 0.474. The highest BCUT2D eigenvalue weighted by Crippen LogP contribution is 2.35. The molecule has 0 atom stereocenters. The van der Waals surface area contributed by atoms with Crippen molar-refractivity contribution in [2.75, 3.05) is 0 Å². The Morgan fingerprint density at radius 1 is 0.700 bits per heavy atom. The van der Waals surface area contributed by atoms with Gasteiger partial charge in [0.25, 0.3) is 0 Å². The van der Waals surface area contributed by atoms with Crippen LogP contribution in [0.2, 0.25) is 0 Å². The molecule has 0 aliphatic heterocycles. The molecule has 1 aromatic carbocycles. The Bertz CT molecular complexity index is 573. The normalized spacial score (nSPS) is 17.6. The maximum absolute atomic E-state index is 2.68. The summed E-state index contributed by atoms with van der Waals surface area (Å²) in [4.78, 5) is 0. The maximum atomic E-state index is 2.68. The monoisotopic (exact) mass is 265 g/mol. The minimum absolute atomic E-state index is 1.08. The van der Waals surface area contributed by atoms with Gasteiger partial charge in [-0.2, -0.15) is 0 Å². The largest absolute Gasteiger partial charge is 0.344 e. The lowest BCUT2D eigenvalue weighted by Gasteiger charge is -2.17. The molecule has 20 heavy (non-hydrogen) atoms. The third-order valence-electron chi connectivity index (χ3n) is 5.08. The standard InChI is InChI=1S/C19H23N/c1-2-8-15(9-3-1)14-20-18-12-6-4-10-16(18)17-11-5-7-13-19(17)20/h1-3,8-9H,4-7,10-14H2. The number of fused-ring (bicyclic) bond motifs is 3. The van der Waals surface area contributed by atoms with Crippen LogP contribution in [0.1, 0.15) is 53.8 Å². The van der Waals surface area contributed by atoms with Crippen LogP contribution < -0.4 is 0 Å². The lowest BCUT2D eigenvalue weighted by molar-refractivity contribution is 0.605. The smallest absolute Gasteiger partial charge is 0.0475 e. The van der Waals surface area contributed by atoms with Crippen molar-refractivity contribution < 1.29 is 0 Å². The van der Waals surface area contributed by atoms with E-state index in [1.54, 1.807) is 22.5 Å². The molecule has 1 nitrogen and oxygen atoms in total. The van der Waals surface area contributed by atoms with Crippen LogP contribution >= 0.6 is 0 Å². The third kappa shape index (κ3) is 2.00. The minimum atomic E-state index is 1.08. The van der Waals surface area contributed by atoms with Gasteiger partial charge in [-0.15, -0.1) is 0 Å². The molecule has 0 spiro atoms. The lowest BCUT2D eigenvalue weighted by atomic mass is 9.89. The van der Waals surface area contributed by atoms with Crippen molar-refractivity contribution >= 4 is 0 Å². The molecule has 4 rings (SSSR count). The Balaban J connectivity index is 1.80. The second-order valence-electron chi connectivity index (χ2n) is 6.34. The van der Waals surface area contributed by atoms with Crippen LogP contribution in [0.5, 0.6) is 0 Å². The molecule has 2 aliphatic carbocycles. The highest BCUT2D eigenvalue weighted by atomic mass is 15.0. The van der Waals surface area contributed by atoms with E-state index in [4.69, 9.17) is 0 Å². The summed E-state index contributed by atoms with van der Waals surface area (Å²) < 4.78 is 2.68. The molecule has 0 saturated heterocycles. The average molecular weight is 265 g/mol. The molecule has 2 aliphatic rings. The van der Waals surface area contributed by atoms with Gasteiger partial charge in [0.05, 0.1) is 0 Å². The molecule has 1 heteroatoms. The van der Waals surface area contributed by atoms with E-state index >= 15 is 0 Å². The zero-order chi connectivity index (χ0) is 13.4. The minimum Gasteiger partial charge on any atom is -0.344 e. The number of aromatic nitrogens is 1. The zero-order valence-electron chi connectivity index (χ0n) is 12.2. The Labute approximate surface area is 121 Å². The average Bonchev–Trinajstić information content (AvgIpc) is 2.84. The zero-order valence-corrected chi connectivity index (χ0v) is 12.2. The van der Waals surface area contributed by atoms with E-state index in [9.17, 15) is 0 Å². The van der Waals surface area contributed by atoms with Gasteiger partial charge in [0.15, 0.2) is 0 Å². The van der Waals surface area contributed by atoms with Gasteiger partial charge < -0.3 is 4.57 Å². The fourth-order valence-electron chi connectivity index (χ4n) is 4.14. The van der Waals surface area contributed by atoms with Crippen LogP contribution in [-0.4, -0.2) is 4.57 Å². The molecule has 2 aromatic rings. The van der Waals surface area contributed by atoms with Crippen molar-refractivity contribution in [1.82, 2.24) is 4.57 Å². The summed E-state index contributed by atoms with van der Waals surface area (Å²) in [6.07, 6.45) is 10.8. The summed E-state index contributed by atoms with van der Waals surface area (Å²) in [6, 6.07) is 11.0. The second-order valence-corrected chi connectivity index (χ2v) is 6.34. The van der Waals surface area contributed by atoms with E-state index in [2.05, 4.69) is 34.9 Å². The summed E-state index contributed by atoms with van der Waals surface area (Å²) in [5.74, 6) is 0. The topological polar surface area (TPSA) is 4.93 Å². The molecule has 0 fully saturated rings. The van der Waals surface area contributed by atoms with Gasteiger partial charge in [-0.1, -0.05) is 30.3 Å². The van der Waals surface area contributed by atoms with Crippen LogP contribution in [0.4, 0.5) is 0 Å². The second kappa shape index (κ2) is 5.12. The van der Waals surface area contributed by atoms with E-state index in [0.717, 1.165) is 6.54 Å². The van der Waals surface area contributed by atoms with Crippen LogP contribution in [-0.2, 0) is 32.2 Å². The molecule has 0 unspecified atom stereocenters. The third-order valence-corrected chi connectivity index (χ3v) is 5.08. The van der Waals surface area contributed by atoms with Gasteiger partial charge in [0, 0.05) is 17.9 Å². The van der Waals surface area contributed by atoms with Crippen molar-refractivity contribution in [3.8, 4) is 0 Å². The fourth-order valence-corrected chi connectivity index (χ4v) is 4.14. The Hall–Kier alpha value is -1.50. The van der Waals surface area contributed by atoms with Gasteiger partial charge >= 0.3 is 0 Å². The number of hydrogen-bond acceptors (Lipinski definition) is 0. The van der Waals surface area contributed by atoms with Gasteiger partial charge in [0.1, 0.15) is 0 Å². The first-order chi connectivity index (χ1) is 9.93. The molecule has 0 radical (unpaired) electrons. The van der Waals surface area contributed by atoms with Gasteiger partial charge in [-0.25, -0.2) is 0 Å². The van der Waals surface area contributed by atoms with Crippen molar-refractivity contribution in [1.29, 1.82) is 0 Å². The molecule has 0 bridgehead atoms. The van der Waals surface area contributed by atoms with Crippen LogP contribution in [0.3, 0.4) is 0 Å². The van der Waals surface area contributed by atoms with Crippen molar-refractivity contribution in [2.45, 2.75) is 57.9 Å². The predicted octanol–water partition coefficient (Wildman–Crippen LogP) is 4.29. The van der Waals surface area contributed by atoms with Crippen molar-refractivity contribution in [3.63, 3.8) is 0 Å². The summed E-state index contributed by atoms with van der Waals surface area (Å²) in [5, 5.41) is 0. The number of benzene rings is 1. The predicted molar refractivity (Wildman–Crippen MR) is 83.3 cm³/mol. The molecule has 0 N–H and O–H groups in total. The molecule has 0 saturated carbocycles. The van der Waals surface area contributed by atoms with Crippen LogP contribution in [0, 0.1) is 0 Å². The van der Waals surface area contributed by atoms with Gasteiger partial charge in [0.2, 0.25) is 0 Å². The Morgan fingerprint density at radius 3 is 1.85 bits per heavy atom. The van der Waals surface area contributed by atoms with Crippen molar-refractivity contribution in [2.24, 2.45) is 0 Å². The van der Waals surface area contributed by atoms with Gasteiger partial charge in [-0.05, 0) is 68.1 Å². The Kier molecular flexibility index (Phi) is 3.14. The highest BCUT2D eigenvalue weighted by Gasteiger charge is 2.25. The molecule has 0 amide bonds. The van der Waals surface area contributed by atoms with Crippen LogP contribution in [0.15, 0.2) is 30.3 Å². The maximum Gasteiger partial charge on any atom is 0.0475 e. The summed E-state index contributed by atoms with van der Waals surface area (Å²) in [5.41, 5.74) is 8.27. The highest BCUT2D eigenvalue weighted by molar-refractivity contribution is 5.42. The molecule has 104 valence electrons. The molecular formula is C19H23N. The summed E-state index contributed by atoms with van der Waals surface area (Å²) in [7, 11) is 0. The first-order valence-corrected chi connectivity index (χ1v) is 8.19. The van der Waals surface area contributed by atoms with E-state index in [1.165, 1.54) is 56.9 Å². The molecule has 1 aromatic heterocycles. The van der Waals surface area contributed by atoms with Crippen LogP contribution in [0.25, 0.3) is 0 Å². The van der Waals surface area contributed by atoms with E-state index < -0.39 is 0 Å². The summed E-state index contributed by atoms with van der Waals surface area (Å²) >= 11 is 0. The van der Waals surface area contributed by atoms with E-state index in [0.29, 0.717) is 0 Å². The molecular weight excluding hydrogens is 242 g/mol. The lowest BCUT2D eigenvalue weighted by Crippen LogP contribution is -2.12. The molecule has 1 heterocycles. The SMILES string of the molecule is c1ccc(Cn2c3c(c4c2CCCC4)CCCC3)cc1.